The number of hydrogen-bond donors (Lipinski definition) is 1. The summed E-state index contributed by atoms with van der Waals surface area (Å²) in [5.41, 5.74) is 0.780. The van der Waals surface area contributed by atoms with E-state index in [2.05, 4.69) is 31.4 Å². The van der Waals surface area contributed by atoms with Gasteiger partial charge >= 0.3 is 0 Å². The van der Waals surface area contributed by atoms with Gasteiger partial charge in [-0.2, -0.15) is 12.6 Å². The van der Waals surface area contributed by atoms with E-state index in [1.807, 2.05) is 0 Å². The second kappa shape index (κ2) is 5.44. The van der Waals surface area contributed by atoms with Gasteiger partial charge in [-0.1, -0.05) is 26.7 Å². The van der Waals surface area contributed by atoms with E-state index >= 15 is 0 Å². The molecule has 1 aliphatic heterocycles. The lowest BCUT2D eigenvalue weighted by atomic mass is 9.74. The summed E-state index contributed by atoms with van der Waals surface area (Å²) in [6.45, 7) is 6.54. The van der Waals surface area contributed by atoms with E-state index in [1.54, 1.807) is 0 Å². The van der Waals surface area contributed by atoms with Crippen LogP contribution in [0.5, 0.6) is 0 Å². The number of amides is 1. The number of thiol groups is 1. The SMILES string of the molecule is CCC1(CC)CCN(C(=O)CC2(CS)CC2)CC1. The molecule has 0 atom stereocenters. The number of rotatable bonds is 5. The zero-order chi connectivity index (χ0) is 13.2. The van der Waals surface area contributed by atoms with E-state index in [4.69, 9.17) is 0 Å². The summed E-state index contributed by atoms with van der Waals surface area (Å²) in [5.74, 6) is 1.25. The molecule has 1 saturated heterocycles. The van der Waals surface area contributed by atoms with E-state index in [1.165, 1.54) is 38.5 Å². The van der Waals surface area contributed by atoms with E-state index in [0.29, 0.717) is 11.3 Å². The molecule has 0 bridgehead atoms. The molecule has 0 unspecified atom stereocenters. The first-order chi connectivity index (χ1) is 8.59. The van der Waals surface area contributed by atoms with Gasteiger partial charge in [0, 0.05) is 19.5 Å². The Labute approximate surface area is 117 Å². The van der Waals surface area contributed by atoms with Gasteiger partial charge in [0.05, 0.1) is 0 Å². The van der Waals surface area contributed by atoms with Crippen LogP contribution in [-0.4, -0.2) is 29.6 Å². The Morgan fingerprint density at radius 3 is 2.00 bits per heavy atom. The van der Waals surface area contributed by atoms with Crippen LogP contribution in [0.4, 0.5) is 0 Å². The summed E-state index contributed by atoms with van der Waals surface area (Å²) in [6, 6.07) is 0. The minimum atomic E-state index is 0.268. The summed E-state index contributed by atoms with van der Waals surface area (Å²) in [5, 5.41) is 0. The molecule has 0 aromatic carbocycles. The van der Waals surface area contributed by atoms with E-state index < -0.39 is 0 Å². The number of carbonyl (C=O) groups excluding carboxylic acids is 1. The predicted octanol–water partition coefficient (Wildman–Crippen LogP) is 3.52. The van der Waals surface area contributed by atoms with Crippen LogP contribution < -0.4 is 0 Å². The van der Waals surface area contributed by atoms with Crippen molar-refractivity contribution < 1.29 is 4.79 Å². The first kappa shape index (κ1) is 14.2. The Balaban J connectivity index is 1.84. The van der Waals surface area contributed by atoms with Crippen molar-refractivity contribution in [1.82, 2.24) is 4.90 Å². The minimum Gasteiger partial charge on any atom is -0.343 e. The molecule has 18 heavy (non-hydrogen) atoms. The van der Waals surface area contributed by atoms with Gasteiger partial charge in [-0.05, 0) is 42.3 Å². The number of nitrogens with zero attached hydrogens (tertiary/aromatic N) is 1. The average molecular weight is 269 g/mol. The topological polar surface area (TPSA) is 20.3 Å². The smallest absolute Gasteiger partial charge is 0.223 e. The highest BCUT2D eigenvalue weighted by Gasteiger charge is 2.44. The lowest BCUT2D eigenvalue weighted by Crippen LogP contribution is -2.43. The maximum absolute atomic E-state index is 12.3. The van der Waals surface area contributed by atoms with Crippen molar-refractivity contribution in [1.29, 1.82) is 0 Å². The first-order valence-electron chi connectivity index (χ1n) is 7.47. The normalized spacial score (nSPS) is 24.9. The van der Waals surface area contributed by atoms with Crippen LogP contribution in [0, 0.1) is 10.8 Å². The van der Waals surface area contributed by atoms with Crippen molar-refractivity contribution in [2.45, 2.75) is 58.8 Å². The molecular weight excluding hydrogens is 242 g/mol. The third-order valence-corrected chi connectivity index (χ3v) is 6.17. The summed E-state index contributed by atoms with van der Waals surface area (Å²) in [6.07, 6.45) is 8.03. The minimum absolute atomic E-state index is 0.268. The van der Waals surface area contributed by atoms with Crippen LogP contribution in [0.25, 0.3) is 0 Å². The number of piperidine rings is 1. The Kier molecular flexibility index (Phi) is 4.30. The highest BCUT2D eigenvalue weighted by atomic mass is 32.1. The Bertz CT molecular complexity index is 298. The van der Waals surface area contributed by atoms with Crippen molar-refractivity contribution in [2.75, 3.05) is 18.8 Å². The van der Waals surface area contributed by atoms with E-state index in [0.717, 1.165) is 25.3 Å². The molecule has 0 N–H and O–H groups in total. The second-order valence-electron chi connectivity index (χ2n) is 6.42. The Morgan fingerprint density at radius 2 is 1.61 bits per heavy atom. The van der Waals surface area contributed by atoms with E-state index in [9.17, 15) is 4.79 Å². The van der Waals surface area contributed by atoms with Crippen LogP contribution in [0.3, 0.4) is 0 Å². The van der Waals surface area contributed by atoms with Crippen LogP contribution in [0.2, 0.25) is 0 Å². The van der Waals surface area contributed by atoms with Crippen LogP contribution >= 0.6 is 12.6 Å². The molecule has 1 amide bonds. The molecule has 2 rings (SSSR count). The van der Waals surface area contributed by atoms with E-state index in [-0.39, 0.29) is 5.41 Å². The summed E-state index contributed by atoms with van der Waals surface area (Å²) in [7, 11) is 0. The van der Waals surface area contributed by atoms with Gasteiger partial charge in [0.2, 0.25) is 5.91 Å². The summed E-state index contributed by atoms with van der Waals surface area (Å²) in [4.78, 5) is 14.4. The molecule has 2 aliphatic rings. The van der Waals surface area contributed by atoms with Crippen LogP contribution in [0.1, 0.15) is 58.8 Å². The third-order valence-electron chi connectivity index (χ3n) is 5.50. The molecule has 2 nitrogen and oxygen atoms in total. The molecule has 1 saturated carbocycles. The molecule has 1 heterocycles. The molecule has 0 radical (unpaired) electrons. The highest BCUT2D eigenvalue weighted by molar-refractivity contribution is 7.80. The van der Waals surface area contributed by atoms with Crippen molar-refractivity contribution in [3.63, 3.8) is 0 Å². The number of carbonyl (C=O) groups is 1. The second-order valence-corrected chi connectivity index (χ2v) is 6.74. The van der Waals surface area contributed by atoms with Gasteiger partial charge in [0.25, 0.3) is 0 Å². The van der Waals surface area contributed by atoms with Crippen molar-refractivity contribution in [3.05, 3.63) is 0 Å². The summed E-state index contributed by atoms with van der Waals surface area (Å²) < 4.78 is 0. The van der Waals surface area contributed by atoms with Crippen LogP contribution in [-0.2, 0) is 4.79 Å². The lowest BCUT2D eigenvalue weighted by Gasteiger charge is -2.41. The molecule has 3 heteroatoms. The molecule has 2 fully saturated rings. The molecular formula is C15H27NOS. The quantitative estimate of drug-likeness (QED) is 0.757. The number of likely N-dealkylation sites (tertiary alicyclic amines) is 1. The molecule has 0 spiro atoms. The fourth-order valence-electron chi connectivity index (χ4n) is 3.19. The average Bonchev–Trinajstić information content (AvgIpc) is 3.19. The molecule has 0 aromatic rings. The maximum Gasteiger partial charge on any atom is 0.223 e. The van der Waals surface area contributed by atoms with Crippen molar-refractivity contribution in [3.8, 4) is 0 Å². The van der Waals surface area contributed by atoms with Gasteiger partial charge in [-0.25, -0.2) is 0 Å². The monoisotopic (exact) mass is 269 g/mol. The molecule has 104 valence electrons. The van der Waals surface area contributed by atoms with Gasteiger partial charge < -0.3 is 4.90 Å². The van der Waals surface area contributed by atoms with Crippen LogP contribution in [0.15, 0.2) is 0 Å². The standard InChI is InChI=1S/C15H27NOS/c1-3-14(4-2)7-9-16(10-8-14)13(17)11-15(12-18)5-6-15/h18H,3-12H2,1-2H3. The third kappa shape index (κ3) is 2.87. The molecule has 0 aromatic heterocycles. The fourth-order valence-corrected chi connectivity index (χ4v) is 3.62. The number of hydrogen-bond acceptors (Lipinski definition) is 2. The zero-order valence-corrected chi connectivity index (χ0v) is 12.8. The fraction of sp³-hybridized carbons (Fsp3) is 0.933. The Hall–Kier alpha value is -0.180. The van der Waals surface area contributed by atoms with Crippen molar-refractivity contribution in [2.24, 2.45) is 10.8 Å². The largest absolute Gasteiger partial charge is 0.343 e. The maximum atomic E-state index is 12.3. The van der Waals surface area contributed by atoms with Gasteiger partial charge in [-0.15, -0.1) is 0 Å². The lowest BCUT2D eigenvalue weighted by molar-refractivity contribution is -0.134. The highest BCUT2D eigenvalue weighted by Crippen LogP contribution is 2.50. The first-order valence-corrected chi connectivity index (χ1v) is 8.11. The van der Waals surface area contributed by atoms with Crippen molar-refractivity contribution >= 4 is 18.5 Å². The zero-order valence-electron chi connectivity index (χ0n) is 11.9. The molecule has 1 aliphatic carbocycles. The predicted molar refractivity (Wildman–Crippen MR) is 79.0 cm³/mol. The Morgan fingerprint density at radius 1 is 1.06 bits per heavy atom. The van der Waals surface area contributed by atoms with Gasteiger partial charge in [0.15, 0.2) is 0 Å². The summed E-state index contributed by atoms with van der Waals surface area (Å²) >= 11 is 4.39. The van der Waals surface area contributed by atoms with Gasteiger partial charge in [0.1, 0.15) is 0 Å². The van der Waals surface area contributed by atoms with Gasteiger partial charge in [-0.3, -0.25) is 4.79 Å².